The second-order valence-corrected chi connectivity index (χ2v) is 12.0. The van der Waals surface area contributed by atoms with Crippen molar-refractivity contribution in [2.24, 2.45) is 11.8 Å². The van der Waals surface area contributed by atoms with Gasteiger partial charge in [-0.15, -0.1) is 0 Å². The number of aliphatic carboxylic acids is 1. The van der Waals surface area contributed by atoms with Gasteiger partial charge in [0.2, 0.25) is 11.8 Å². The number of hydrogen-bond acceptors (Lipinski definition) is 7. The molecule has 3 N–H and O–H groups in total. The molecule has 1 aromatic heterocycles. The predicted molar refractivity (Wildman–Crippen MR) is 163 cm³/mol. The van der Waals surface area contributed by atoms with E-state index in [1.54, 1.807) is 13.0 Å². The number of rotatable bonds is 12. The minimum absolute atomic E-state index is 0.188. The van der Waals surface area contributed by atoms with Gasteiger partial charge in [0.25, 0.3) is 0 Å². The summed E-state index contributed by atoms with van der Waals surface area (Å²) in [6, 6.07) is 12.2. The van der Waals surface area contributed by atoms with Crippen molar-refractivity contribution >= 4 is 52.1 Å². The molecule has 2 aromatic carbocycles. The monoisotopic (exact) mass is 614 g/mol. The summed E-state index contributed by atoms with van der Waals surface area (Å²) in [6.07, 6.45) is 2.37. The van der Waals surface area contributed by atoms with Gasteiger partial charge in [-0.1, -0.05) is 41.9 Å². The number of nitrogens with one attached hydrogen (secondary N) is 2. The lowest BCUT2D eigenvalue weighted by Crippen LogP contribution is -2.50. The van der Waals surface area contributed by atoms with Gasteiger partial charge in [-0.2, -0.15) is 11.8 Å². The van der Waals surface area contributed by atoms with Crippen molar-refractivity contribution in [2.75, 3.05) is 19.4 Å². The van der Waals surface area contributed by atoms with E-state index in [9.17, 15) is 24.3 Å². The third-order valence-electron chi connectivity index (χ3n) is 7.71. The molecule has 2 amide bonds. The van der Waals surface area contributed by atoms with Crippen LogP contribution >= 0.6 is 23.4 Å². The molecule has 1 aliphatic carbocycles. The first-order valence-corrected chi connectivity index (χ1v) is 15.4. The van der Waals surface area contributed by atoms with Gasteiger partial charge in [0, 0.05) is 29.5 Å². The third kappa shape index (κ3) is 8.07. The molecule has 1 saturated carbocycles. The van der Waals surface area contributed by atoms with Gasteiger partial charge in [0.1, 0.15) is 17.4 Å². The number of benzene rings is 2. The van der Waals surface area contributed by atoms with Crippen molar-refractivity contribution < 1.29 is 28.6 Å². The summed E-state index contributed by atoms with van der Waals surface area (Å²) in [6.45, 7) is 2.14. The molecular weight excluding hydrogens is 580 g/mol. The zero-order valence-corrected chi connectivity index (χ0v) is 25.2. The lowest BCUT2D eigenvalue weighted by atomic mass is 9.82. The fourth-order valence-electron chi connectivity index (χ4n) is 5.19. The van der Waals surface area contributed by atoms with Gasteiger partial charge >= 0.3 is 11.6 Å². The molecule has 42 heavy (non-hydrogen) atoms. The quantitative estimate of drug-likeness (QED) is 0.249. The van der Waals surface area contributed by atoms with Crippen molar-refractivity contribution in [1.29, 1.82) is 0 Å². The van der Waals surface area contributed by atoms with E-state index in [-0.39, 0.29) is 29.7 Å². The van der Waals surface area contributed by atoms with Gasteiger partial charge in [-0.25, -0.2) is 4.79 Å². The van der Waals surface area contributed by atoms with Crippen molar-refractivity contribution in [3.05, 3.63) is 74.6 Å². The maximum absolute atomic E-state index is 13.3. The summed E-state index contributed by atoms with van der Waals surface area (Å²) in [5.41, 5.74) is 1.51. The molecule has 0 bridgehead atoms. The Morgan fingerprint density at radius 3 is 2.52 bits per heavy atom. The van der Waals surface area contributed by atoms with Crippen LogP contribution in [0.5, 0.6) is 5.75 Å². The number of thioether (sulfide) groups is 1. The maximum atomic E-state index is 13.3. The topological polar surface area (TPSA) is 135 Å². The van der Waals surface area contributed by atoms with Crippen LogP contribution in [0.2, 0.25) is 5.02 Å². The number of carbonyl (C=O) groups is 3. The summed E-state index contributed by atoms with van der Waals surface area (Å²) in [5, 5.41) is 16.0. The van der Waals surface area contributed by atoms with E-state index in [0.29, 0.717) is 58.2 Å². The van der Waals surface area contributed by atoms with Gasteiger partial charge in [0.05, 0.1) is 30.0 Å². The summed E-state index contributed by atoms with van der Waals surface area (Å²) >= 11 is 7.80. The Morgan fingerprint density at radius 1 is 1.14 bits per heavy atom. The average molecular weight is 615 g/mol. The number of fused-ring (bicyclic) bond motifs is 1. The van der Waals surface area contributed by atoms with Crippen LogP contribution < -0.4 is 21.0 Å². The predicted octanol–water partition coefficient (Wildman–Crippen LogP) is 4.73. The lowest BCUT2D eigenvalue weighted by Gasteiger charge is -2.27. The van der Waals surface area contributed by atoms with Crippen LogP contribution in [-0.2, 0) is 26.6 Å². The standard InChI is InChI=1S/C31H35ClN2O7S/c1-18-22-12-24(32)27(40-2)14-26(22)41-31(39)23(18)13-28(35)34-25(17-42-16-20-6-4-3-5-7-20)29(36)33-15-19-8-10-21(11-9-19)30(37)38/h3-7,12,14,19,21,25H,8-11,13,15-17H2,1-2H3,(H,33,36)(H,34,35)(H,37,38)/t19?,21?,25-/m0/s1. The van der Waals surface area contributed by atoms with Crippen LogP contribution in [0.3, 0.4) is 0 Å². The van der Waals surface area contributed by atoms with Crippen molar-refractivity contribution in [2.45, 2.75) is 50.8 Å². The maximum Gasteiger partial charge on any atom is 0.340 e. The number of ether oxygens (including phenoxy) is 1. The first kappa shape index (κ1) is 31.4. The van der Waals surface area contributed by atoms with Crippen LogP contribution in [-0.4, -0.2) is 48.3 Å². The van der Waals surface area contributed by atoms with E-state index in [2.05, 4.69) is 10.6 Å². The highest BCUT2D eigenvalue weighted by Gasteiger charge is 2.28. The first-order valence-electron chi connectivity index (χ1n) is 13.9. The van der Waals surface area contributed by atoms with Crippen molar-refractivity contribution in [3.8, 4) is 5.75 Å². The molecule has 1 heterocycles. The molecule has 0 saturated heterocycles. The van der Waals surface area contributed by atoms with E-state index >= 15 is 0 Å². The van der Waals surface area contributed by atoms with Crippen molar-refractivity contribution in [1.82, 2.24) is 10.6 Å². The zero-order chi connectivity index (χ0) is 30.2. The molecule has 11 heteroatoms. The van der Waals surface area contributed by atoms with E-state index < -0.39 is 23.5 Å². The Hall–Kier alpha value is -3.50. The van der Waals surface area contributed by atoms with Gasteiger partial charge in [-0.3, -0.25) is 14.4 Å². The van der Waals surface area contributed by atoms with E-state index in [1.165, 1.54) is 24.9 Å². The van der Waals surface area contributed by atoms with E-state index in [1.807, 2.05) is 30.3 Å². The van der Waals surface area contributed by atoms with Crippen LogP contribution in [0.25, 0.3) is 11.0 Å². The molecule has 0 aliphatic heterocycles. The fourth-order valence-corrected chi connectivity index (χ4v) is 6.45. The van der Waals surface area contributed by atoms with Crippen LogP contribution in [0.15, 0.2) is 51.7 Å². The Kier molecular flexibility index (Phi) is 10.9. The molecule has 9 nitrogen and oxygen atoms in total. The number of hydrogen-bond donors (Lipinski definition) is 3. The number of carbonyl (C=O) groups excluding carboxylic acids is 2. The van der Waals surface area contributed by atoms with Gasteiger partial charge in [0.15, 0.2) is 0 Å². The van der Waals surface area contributed by atoms with Crippen molar-refractivity contribution in [3.63, 3.8) is 0 Å². The fraction of sp³-hybridized carbons (Fsp3) is 0.419. The molecule has 3 aromatic rings. The Balaban J connectivity index is 1.44. The Labute approximate surface area is 253 Å². The normalized spacial score (nSPS) is 17.4. The van der Waals surface area contributed by atoms with E-state index in [0.717, 1.165) is 18.4 Å². The largest absolute Gasteiger partial charge is 0.495 e. The smallest absolute Gasteiger partial charge is 0.340 e. The minimum atomic E-state index is -0.826. The molecule has 0 spiro atoms. The highest BCUT2D eigenvalue weighted by molar-refractivity contribution is 7.98. The molecule has 1 atom stereocenters. The number of aryl methyl sites for hydroxylation is 1. The minimum Gasteiger partial charge on any atom is -0.495 e. The van der Waals surface area contributed by atoms with Crippen LogP contribution in [0.1, 0.15) is 42.4 Å². The van der Waals surface area contributed by atoms with Crippen LogP contribution in [0, 0.1) is 18.8 Å². The lowest BCUT2D eigenvalue weighted by molar-refractivity contribution is -0.143. The van der Waals surface area contributed by atoms with Gasteiger partial charge in [-0.05, 0) is 55.7 Å². The second kappa shape index (κ2) is 14.6. The highest BCUT2D eigenvalue weighted by atomic mass is 35.5. The molecule has 1 aliphatic rings. The third-order valence-corrected chi connectivity index (χ3v) is 9.11. The van der Waals surface area contributed by atoms with E-state index in [4.69, 9.17) is 20.8 Å². The highest BCUT2D eigenvalue weighted by Crippen LogP contribution is 2.32. The number of halogens is 1. The first-order chi connectivity index (χ1) is 20.2. The molecule has 0 unspecified atom stereocenters. The summed E-state index contributed by atoms with van der Waals surface area (Å²) in [5.74, 6) is -0.336. The molecule has 4 rings (SSSR count). The SMILES string of the molecule is COc1cc2oc(=O)c(CC(=O)N[C@@H](CSCc3ccccc3)C(=O)NCC3CCC(C(=O)O)CC3)c(C)c2cc1Cl. The number of amides is 2. The molecule has 224 valence electrons. The summed E-state index contributed by atoms with van der Waals surface area (Å²) < 4.78 is 10.7. The second-order valence-electron chi connectivity index (χ2n) is 10.6. The number of carboxylic acid groups (broad SMARTS) is 1. The molecule has 1 fully saturated rings. The summed E-state index contributed by atoms with van der Waals surface area (Å²) in [4.78, 5) is 50.5. The Bertz CT molecular complexity index is 1490. The number of methoxy groups -OCH3 is 1. The molecule has 0 radical (unpaired) electrons. The summed E-state index contributed by atoms with van der Waals surface area (Å²) in [7, 11) is 1.46. The number of carboxylic acids is 1. The molecular formula is C31H35ClN2O7S. The average Bonchev–Trinajstić information content (AvgIpc) is 2.98. The van der Waals surface area contributed by atoms with Crippen LogP contribution in [0.4, 0.5) is 0 Å². The zero-order valence-electron chi connectivity index (χ0n) is 23.6. The van der Waals surface area contributed by atoms with Gasteiger partial charge < -0.3 is 24.9 Å². The Morgan fingerprint density at radius 2 is 1.86 bits per heavy atom.